The summed E-state index contributed by atoms with van der Waals surface area (Å²) in [5.74, 6) is 1.52. The number of ether oxygens (including phenoxy) is 1. The minimum Gasteiger partial charge on any atom is -0.482 e. The van der Waals surface area contributed by atoms with Crippen LogP contribution in [-0.4, -0.2) is 48.8 Å². The van der Waals surface area contributed by atoms with Crippen LogP contribution in [0.25, 0.3) is 0 Å². The zero-order chi connectivity index (χ0) is 19.3. The van der Waals surface area contributed by atoms with Gasteiger partial charge in [0.2, 0.25) is 0 Å². The number of hydrogen-bond acceptors (Lipinski definition) is 6. The van der Waals surface area contributed by atoms with Crippen molar-refractivity contribution in [3.8, 4) is 5.75 Å². The largest absolute Gasteiger partial charge is 0.482 e. The second kappa shape index (κ2) is 7.99. The number of benzene rings is 1. The molecule has 0 radical (unpaired) electrons. The number of carbonyl (C=O) groups excluding carboxylic acids is 1. The van der Waals surface area contributed by atoms with Crippen molar-refractivity contribution in [2.45, 2.75) is 19.6 Å². The Hall–Kier alpha value is -3.56. The summed E-state index contributed by atoms with van der Waals surface area (Å²) in [7, 11) is 0. The number of aromatic nitrogens is 5. The first kappa shape index (κ1) is 17.8. The lowest BCUT2D eigenvalue weighted by molar-refractivity contribution is 0.212. The van der Waals surface area contributed by atoms with Crippen LogP contribution in [0.3, 0.4) is 0 Å². The van der Waals surface area contributed by atoms with E-state index in [0.717, 1.165) is 5.82 Å². The lowest BCUT2D eigenvalue weighted by Crippen LogP contribution is -2.37. The molecule has 1 aliphatic heterocycles. The minimum absolute atomic E-state index is 0.162. The molecule has 0 fully saturated rings. The number of carbonyl (C=O) groups is 1. The summed E-state index contributed by atoms with van der Waals surface area (Å²) in [5, 5.41) is 11.0. The fraction of sp³-hybridized carbons (Fsp3) is 0.278. The first-order valence-corrected chi connectivity index (χ1v) is 8.80. The Morgan fingerprint density at radius 3 is 2.79 bits per heavy atom. The third-order valence-electron chi connectivity index (χ3n) is 4.41. The van der Waals surface area contributed by atoms with Crippen molar-refractivity contribution in [2.24, 2.45) is 0 Å². The summed E-state index contributed by atoms with van der Waals surface area (Å²) in [6.07, 6.45) is 5.12. The normalized spacial score (nSPS) is 13.5. The third kappa shape index (κ3) is 3.90. The maximum atomic E-state index is 13.8. The molecule has 1 aromatic carbocycles. The number of anilines is 1. The van der Waals surface area contributed by atoms with Crippen molar-refractivity contribution in [1.29, 1.82) is 0 Å². The molecule has 10 heteroatoms. The molecule has 2 amide bonds. The molecule has 0 unspecified atom stereocenters. The fourth-order valence-electron chi connectivity index (χ4n) is 2.96. The van der Waals surface area contributed by atoms with Gasteiger partial charge in [-0.05, 0) is 12.1 Å². The van der Waals surface area contributed by atoms with E-state index in [4.69, 9.17) is 4.74 Å². The molecule has 3 heterocycles. The molecular weight excluding hydrogens is 365 g/mol. The molecule has 0 spiro atoms. The zero-order valence-electron chi connectivity index (χ0n) is 15.0. The molecule has 1 N–H and O–H groups in total. The Morgan fingerprint density at radius 2 is 1.96 bits per heavy atom. The van der Waals surface area contributed by atoms with Gasteiger partial charge >= 0.3 is 6.03 Å². The first-order chi connectivity index (χ1) is 13.7. The number of para-hydroxylation sites is 1. The fourth-order valence-corrected chi connectivity index (χ4v) is 2.96. The molecule has 9 nitrogen and oxygen atoms in total. The van der Waals surface area contributed by atoms with Crippen molar-refractivity contribution in [1.82, 2.24) is 29.6 Å². The van der Waals surface area contributed by atoms with Crippen molar-refractivity contribution in [2.75, 3.05) is 18.4 Å². The highest BCUT2D eigenvalue weighted by atomic mass is 19.1. The molecule has 0 saturated heterocycles. The average molecular weight is 383 g/mol. The van der Waals surface area contributed by atoms with Gasteiger partial charge in [-0.25, -0.2) is 19.2 Å². The van der Waals surface area contributed by atoms with Gasteiger partial charge in [0.05, 0.1) is 18.1 Å². The van der Waals surface area contributed by atoms with E-state index in [1.807, 2.05) is 4.57 Å². The molecule has 0 bridgehead atoms. The van der Waals surface area contributed by atoms with Crippen molar-refractivity contribution in [3.63, 3.8) is 0 Å². The third-order valence-corrected chi connectivity index (χ3v) is 4.41. The van der Waals surface area contributed by atoms with E-state index in [-0.39, 0.29) is 18.3 Å². The van der Waals surface area contributed by atoms with E-state index in [9.17, 15) is 9.18 Å². The van der Waals surface area contributed by atoms with E-state index in [0.29, 0.717) is 37.6 Å². The molecule has 28 heavy (non-hydrogen) atoms. The smallest absolute Gasteiger partial charge is 0.321 e. The maximum absolute atomic E-state index is 13.8. The van der Waals surface area contributed by atoms with Crippen LogP contribution in [0.15, 0.2) is 43.0 Å². The number of amides is 2. The van der Waals surface area contributed by atoms with E-state index in [2.05, 4.69) is 25.5 Å². The van der Waals surface area contributed by atoms with Crippen LogP contribution in [0.2, 0.25) is 0 Å². The summed E-state index contributed by atoms with van der Waals surface area (Å²) in [6.45, 7) is 1.66. The molecule has 0 saturated carbocycles. The average Bonchev–Trinajstić information content (AvgIpc) is 2.97. The predicted molar refractivity (Wildman–Crippen MR) is 97.1 cm³/mol. The van der Waals surface area contributed by atoms with Crippen molar-refractivity contribution in [3.05, 3.63) is 60.5 Å². The van der Waals surface area contributed by atoms with Gasteiger partial charge in [-0.1, -0.05) is 12.1 Å². The molecule has 144 valence electrons. The molecule has 2 aromatic heterocycles. The van der Waals surface area contributed by atoms with Crippen LogP contribution >= 0.6 is 0 Å². The van der Waals surface area contributed by atoms with Crippen LogP contribution in [0.1, 0.15) is 11.6 Å². The number of halogens is 1. The molecule has 3 aromatic rings. The Kier molecular flexibility index (Phi) is 5.09. The van der Waals surface area contributed by atoms with Gasteiger partial charge < -0.3 is 19.5 Å². The van der Waals surface area contributed by atoms with Gasteiger partial charge in [0, 0.05) is 26.1 Å². The second-order valence-corrected chi connectivity index (χ2v) is 6.19. The summed E-state index contributed by atoms with van der Waals surface area (Å²) in [6, 6.07) is 5.75. The zero-order valence-corrected chi connectivity index (χ0v) is 15.0. The molecule has 0 aliphatic carbocycles. The van der Waals surface area contributed by atoms with Crippen molar-refractivity contribution < 1.29 is 13.9 Å². The van der Waals surface area contributed by atoms with E-state index < -0.39 is 5.82 Å². The topological polar surface area (TPSA) is 98.1 Å². The van der Waals surface area contributed by atoms with Crippen LogP contribution < -0.4 is 10.1 Å². The standard InChI is InChI=1S/C18H18FN7O2/c19-14-3-1-2-4-15(14)22-18(27)25-6-5-16-23-24-17(26(16)8-7-25)11-28-13-9-20-12-21-10-13/h1-4,9-10,12H,5-8,11H2,(H,22,27). The van der Waals surface area contributed by atoms with Gasteiger partial charge in [0.1, 0.15) is 24.6 Å². The number of urea groups is 1. The molecular formula is C18H18FN7O2. The van der Waals surface area contributed by atoms with Crippen molar-refractivity contribution >= 4 is 11.7 Å². The highest BCUT2D eigenvalue weighted by Gasteiger charge is 2.22. The number of nitrogens with zero attached hydrogens (tertiary/aromatic N) is 6. The van der Waals surface area contributed by atoms with Gasteiger partial charge in [-0.3, -0.25) is 0 Å². The van der Waals surface area contributed by atoms with Crippen LogP contribution in [0, 0.1) is 5.82 Å². The lowest BCUT2D eigenvalue weighted by atomic mass is 10.3. The molecule has 0 atom stereocenters. The highest BCUT2D eigenvalue weighted by molar-refractivity contribution is 5.89. The van der Waals surface area contributed by atoms with Gasteiger partial charge in [0.15, 0.2) is 11.6 Å². The SMILES string of the molecule is O=C(Nc1ccccc1F)N1CCc2nnc(COc3cncnc3)n2CC1. The Bertz CT molecular complexity index is 964. The first-order valence-electron chi connectivity index (χ1n) is 8.80. The summed E-state index contributed by atoms with van der Waals surface area (Å²) in [4.78, 5) is 21.9. The molecule has 4 rings (SSSR count). The van der Waals surface area contributed by atoms with Crippen LogP contribution in [-0.2, 0) is 19.6 Å². The van der Waals surface area contributed by atoms with E-state index >= 15 is 0 Å². The van der Waals surface area contributed by atoms with E-state index in [1.54, 1.807) is 29.4 Å². The maximum Gasteiger partial charge on any atom is 0.321 e. The summed E-state index contributed by atoms with van der Waals surface area (Å²) >= 11 is 0. The second-order valence-electron chi connectivity index (χ2n) is 6.19. The quantitative estimate of drug-likeness (QED) is 0.739. The number of rotatable bonds is 4. The highest BCUT2D eigenvalue weighted by Crippen LogP contribution is 2.16. The number of nitrogens with one attached hydrogen (secondary N) is 1. The van der Waals surface area contributed by atoms with Gasteiger partial charge in [-0.15, -0.1) is 10.2 Å². The minimum atomic E-state index is -0.466. The lowest BCUT2D eigenvalue weighted by Gasteiger charge is -2.20. The van der Waals surface area contributed by atoms with Gasteiger partial charge in [-0.2, -0.15) is 0 Å². The Morgan fingerprint density at radius 1 is 1.14 bits per heavy atom. The summed E-state index contributed by atoms with van der Waals surface area (Å²) < 4.78 is 21.3. The summed E-state index contributed by atoms with van der Waals surface area (Å²) in [5.41, 5.74) is 0.162. The molecule has 1 aliphatic rings. The van der Waals surface area contributed by atoms with E-state index in [1.165, 1.54) is 18.5 Å². The Balaban J connectivity index is 1.39. The number of fused-ring (bicyclic) bond motifs is 1. The Labute approximate surface area is 160 Å². The van der Waals surface area contributed by atoms with Crippen LogP contribution in [0.4, 0.5) is 14.9 Å². The number of hydrogen-bond donors (Lipinski definition) is 1. The monoisotopic (exact) mass is 383 g/mol. The predicted octanol–water partition coefficient (Wildman–Crippen LogP) is 1.88. The van der Waals surface area contributed by atoms with Crippen LogP contribution in [0.5, 0.6) is 5.75 Å². The van der Waals surface area contributed by atoms with Gasteiger partial charge in [0.25, 0.3) is 0 Å².